The Morgan fingerprint density at radius 2 is 2.25 bits per heavy atom. The number of aryl methyl sites for hydroxylation is 1. The van der Waals surface area contributed by atoms with Crippen LogP contribution in [-0.4, -0.2) is 15.0 Å². The van der Waals surface area contributed by atoms with Gasteiger partial charge in [-0.25, -0.2) is 4.98 Å². The fraction of sp³-hybridized carbons (Fsp3) is 0.417. The van der Waals surface area contributed by atoms with Gasteiger partial charge in [-0.05, 0) is 18.6 Å². The van der Waals surface area contributed by atoms with E-state index in [1.807, 2.05) is 12.1 Å². The number of rotatable bonds is 4. The molecule has 0 radical (unpaired) electrons. The Labute approximate surface area is 93.8 Å². The summed E-state index contributed by atoms with van der Waals surface area (Å²) in [6.07, 6.45) is 5.82. The SMILES string of the molecule is CCCCCc1nc(=O)c2ncccc2[nH]1. The molecule has 0 aliphatic carbocycles. The summed E-state index contributed by atoms with van der Waals surface area (Å²) in [6.45, 7) is 2.15. The van der Waals surface area contributed by atoms with Gasteiger partial charge in [0.25, 0.3) is 5.56 Å². The minimum atomic E-state index is -0.235. The van der Waals surface area contributed by atoms with Gasteiger partial charge in [-0.3, -0.25) is 4.79 Å². The number of nitrogens with zero attached hydrogens (tertiary/aromatic N) is 2. The molecule has 0 fully saturated rings. The number of hydrogen-bond donors (Lipinski definition) is 1. The smallest absolute Gasteiger partial charge is 0.299 e. The Morgan fingerprint density at radius 3 is 3.06 bits per heavy atom. The van der Waals surface area contributed by atoms with Crippen LogP contribution in [0.4, 0.5) is 0 Å². The largest absolute Gasteiger partial charge is 0.342 e. The Bertz CT molecular complexity index is 533. The van der Waals surface area contributed by atoms with E-state index in [9.17, 15) is 4.79 Å². The summed E-state index contributed by atoms with van der Waals surface area (Å²) < 4.78 is 0. The monoisotopic (exact) mass is 217 g/mol. The van der Waals surface area contributed by atoms with Gasteiger partial charge < -0.3 is 4.98 Å². The van der Waals surface area contributed by atoms with E-state index in [4.69, 9.17) is 0 Å². The van der Waals surface area contributed by atoms with E-state index in [1.54, 1.807) is 6.20 Å². The fourth-order valence-corrected chi connectivity index (χ4v) is 1.70. The normalized spacial score (nSPS) is 10.8. The summed E-state index contributed by atoms with van der Waals surface area (Å²) in [5.74, 6) is 0.763. The molecule has 0 aromatic carbocycles. The van der Waals surface area contributed by atoms with Crippen LogP contribution in [0.1, 0.15) is 32.0 Å². The van der Waals surface area contributed by atoms with E-state index >= 15 is 0 Å². The van der Waals surface area contributed by atoms with Crippen LogP contribution in [0.15, 0.2) is 23.1 Å². The van der Waals surface area contributed by atoms with Crippen LogP contribution in [-0.2, 0) is 6.42 Å². The summed E-state index contributed by atoms with van der Waals surface area (Å²) in [5.41, 5.74) is 0.955. The number of pyridine rings is 1. The van der Waals surface area contributed by atoms with Crippen molar-refractivity contribution in [3.63, 3.8) is 0 Å². The van der Waals surface area contributed by atoms with Gasteiger partial charge in [-0.2, -0.15) is 4.98 Å². The highest BCUT2D eigenvalue weighted by Crippen LogP contribution is 2.05. The molecule has 84 valence electrons. The predicted molar refractivity (Wildman–Crippen MR) is 63.4 cm³/mol. The second kappa shape index (κ2) is 4.88. The molecule has 0 spiro atoms. The Balaban J connectivity index is 2.31. The molecule has 0 saturated carbocycles. The van der Waals surface area contributed by atoms with Crippen molar-refractivity contribution < 1.29 is 0 Å². The topological polar surface area (TPSA) is 58.6 Å². The summed E-state index contributed by atoms with van der Waals surface area (Å²) in [7, 11) is 0. The molecule has 4 nitrogen and oxygen atoms in total. The first-order valence-electron chi connectivity index (χ1n) is 5.65. The van der Waals surface area contributed by atoms with Crippen LogP contribution >= 0.6 is 0 Å². The third-order valence-corrected chi connectivity index (χ3v) is 2.54. The number of fused-ring (bicyclic) bond motifs is 1. The first kappa shape index (κ1) is 10.8. The average molecular weight is 217 g/mol. The van der Waals surface area contributed by atoms with E-state index in [2.05, 4.69) is 21.9 Å². The number of unbranched alkanes of at least 4 members (excludes halogenated alkanes) is 2. The predicted octanol–water partition coefficient (Wildman–Crippen LogP) is 2.05. The molecule has 0 aliphatic rings. The molecule has 4 heteroatoms. The first-order valence-corrected chi connectivity index (χ1v) is 5.65. The molecule has 16 heavy (non-hydrogen) atoms. The standard InChI is InChI=1S/C12H15N3O/c1-2-3-4-7-10-14-9-6-5-8-13-11(9)12(16)15-10/h5-6,8H,2-4,7H2,1H3,(H,14,15,16). The first-order chi connectivity index (χ1) is 7.81. The zero-order valence-corrected chi connectivity index (χ0v) is 9.36. The van der Waals surface area contributed by atoms with Crippen molar-refractivity contribution in [3.8, 4) is 0 Å². The van der Waals surface area contributed by atoms with E-state index < -0.39 is 0 Å². The van der Waals surface area contributed by atoms with Crippen molar-refractivity contribution in [1.29, 1.82) is 0 Å². The Kier molecular flexibility index (Phi) is 3.29. The lowest BCUT2D eigenvalue weighted by atomic mass is 10.2. The molecular weight excluding hydrogens is 202 g/mol. The van der Waals surface area contributed by atoms with Crippen LogP contribution in [0, 0.1) is 0 Å². The number of aromatic nitrogens is 3. The Hall–Kier alpha value is -1.71. The molecule has 0 atom stereocenters. The molecule has 2 aromatic rings. The molecule has 0 amide bonds. The van der Waals surface area contributed by atoms with Crippen molar-refractivity contribution in [2.75, 3.05) is 0 Å². The van der Waals surface area contributed by atoms with Crippen molar-refractivity contribution in [2.45, 2.75) is 32.6 Å². The Morgan fingerprint density at radius 1 is 1.38 bits per heavy atom. The average Bonchev–Trinajstić information content (AvgIpc) is 2.30. The molecule has 0 bridgehead atoms. The van der Waals surface area contributed by atoms with E-state index in [1.165, 1.54) is 6.42 Å². The van der Waals surface area contributed by atoms with Crippen molar-refractivity contribution >= 4 is 11.0 Å². The van der Waals surface area contributed by atoms with Gasteiger partial charge in [-0.15, -0.1) is 0 Å². The van der Waals surface area contributed by atoms with Gasteiger partial charge in [0.1, 0.15) is 5.82 Å². The molecule has 1 N–H and O–H groups in total. The lowest BCUT2D eigenvalue weighted by Gasteiger charge is -2.01. The molecule has 2 aromatic heterocycles. The van der Waals surface area contributed by atoms with Crippen molar-refractivity contribution in [3.05, 3.63) is 34.5 Å². The fourth-order valence-electron chi connectivity index (χ4n) is 1.70. The van der Waals surface area contributed by atoms with Crippen LogP contribution in [0.25, 0.3) is 11.0 Å². The second-order valence-corrected chi connectivity index (χ2v) is 3.85. The highest BCUT2D eigenvalue weighted by molar-refractivity contribution is 5.72. The zero-order valence-electron chi connectivity index (χ0n) is 9.36. The third-order valence-electron chi connectivity index (χ3n) is 2.54. The lowest BCUT2D eigenvalue weighted by molar-refractivity contribution is 0.694. The second-order valence-electron chi connectivity index (χ2n) is 3.85. The molecular formula is C12H15N3O. The van der Waals surface area contributed by atoms with E-state index in [-0.39, 0.29) is 5.56 Å². The number of nitrogens with one attached hydrogen (secondary N) is 1. The lowest BCUT2D eigenvalue weighted by Crippen LogP contribution is -2.13. The minimum absolute atomic E-state index is 0.235. The maximum Gasteiger partial charge on any atom is 0.299 e. The third kappa shape index (κ3) is 2.27. The van der Waals surface area contributed by atoms with Gasteiger partial charge in [-0.1, -0.05) is 19.8 Å². The number of hydrogen-bond acceptors (Lipinski definition) is 3. The number of aromatic amines is 1. The van der Waals surface area contributed by atoms with Crippen molar-refractivity contribution in [1.82, 2.24) is 15.0 Å². The molecule has 2 heterocycles. The summed E-state index contributed by atoms with van der Waals surface area (Å²) in [5, 5.41) is 0. The van der Waals surface area contributed by atoms with E-state index in [0.29, 0.717) is 5.52 Å². The van der Waals surface area contributed by atoms with Gasteiger partial charge in [0.05, 0.1) is 5.52 Å². The van der Waals surface area contributed by atoms with Crippen LogP contribution in [0.3, 0.4) is 0 Å². The highest BCUT2D eigenvalue weighted by atomic mass is 16.1. The quantitative estimate of drug-likeness (QED) is 0.797. The zero-order chi connectivity index (χ0) is 11.4. The van der Waals surface area contributed by atoms with Crippen LogP contribution < -0.4 is 5.56 Å². The van der Waals surface area contributed by atoms with Gasteiger partial charge in [0, 0.05) is 12.6 Å². The highest BCUT2D eigenvalue weighted by Gasteiger charge is 2.03. The van der Waals surface area contributed by atoms with E-state index in [0.717, 1.165) is 30.6 Å². The summed E-state index contributed by atoms with van der Waals surface area (Å²) in [4.78, 5) is 22.8. The minimum Gasteiger partial charge on any atom is -0.342 e. The van der Waals surface area contributed by atoms with Gasteiger partial charge in [0.2, 0.25) is 0 Å². The van der Waals surface area contributed by atoms with Crippen LogP contribution in [0.5, 0.6) is 0 Å². The van der Waals surface area contributed by atoms with Gasteiger partial charge >= 0.3 is 0 Å². The molecule has 0 unspecified atom stereocenters. The van der Waals surface area contributed by atoms with Gasteiger partial charge in [0.15, 0.2) is 5.52 Å². The number of H-pyrrole nitrogens is 1. The summed E-state index contributed by atoms with van der Waals surface area (Å²) >= 11 is 0. The maximum atomic E-state index is 11.6. The maximum absolute atomic E-state index is 11.6. The molecule has 0 aliphatic heterocycles. The molecule has 2 rings (SSSR count). The van der Waals surface area contributed by atoms with Crippen molar-refractivity contribution in [2.24, 2.45) is 0 Å². The summed E-state index contributed by atoms with van der Waals surface area (Å²) in [6, 6.07) is 3.67. The van der Waals surface area contributed by atoms with Crippen LogP contribution in [0.2, 0.25) is 0 Å². The molecule has 0 saturated heterocycles.